The van der Waals surface area contributed by atoms with Crippen LogP contribution in [0.1, 0.15) is 53.4 Å². The molecule has 0 N–H and O–H groups in total. The molecule has 0 aromatic heterocycles. The van der Waals surface area contributed by atoms with E-state index in [9.17, 15) is 9.79 Å². The third kappa shape index (κ3) is 10.0. The molecule has 0 radical (unpaired) electrons. The van der Waals surface area contributed by atoms with Gasteiger partial charge < -0.3 is 9.79 Å². The average Bonchev–Trinajstić information content (AvgIpc) is 2.15. The Bertz CT molecular complexity index is 234. The van der Waals surface area contributed by atoms with Crippen molar-refractivity contribution in [2.45, 2.75) is 58.6 Å². The molecule has 0 saturated heterocycles. The predicted molar refractivity (Wildman–Crippen MR) is 73.8 cm³/mol. The van der Waals surface area contributed by atoms with E-state index in [0.29, 0.717) is 11.8 Å². The summed E-state index contributed by atoms with van der Waals surface area (Å²) in [7, 11) is 0. The van der Waals surface area contributed by atoms with E-state index < -0.39 is 5.69 Å². The molecule has 2 nitrogen and oxygen atoms in total. The summed E-state index contributed by atoms with van der Waals surface area (Å²) < 4.78 is 0. The first kappa shape index (κ1) is 20.9. The van der Waals surface area contributed by atoms with Gasteiger partial charge in [-0.25, -0.2) is 0 Å². The van der Waals surface area contributed by atoms with Crippen molar-refractivity contribution in [3.05, 3.63) is 0 Å². The van der Waals surface area contributed by atoms with Gasteiger partial charge in [-0.2, -0.15) is 17.1 Å². The average molecular weight is 348 g/mol. The molecule has 6 heteroatoms. The van der Waals surface area contributed by atoms with Gasteiger partial charge in [0.25, 0.3) is 0 Å². The molecule has 0 aliphatic rings. The summed E-state index contributed by atoms with van der Waals surface area (Å²) >= 11 is 5.53. The van der Waals surface area contributed by atoms with E-state index in [0.717, 1.165) is 30.6 Å². The van der Waals surface area contributed by atoms with Crippen LogP contribution >= 0.6 is 17.1 Å². The van der Waals surface area contributed by atoms with Crippen LogP contribution in [-0.4, -0.2) is 5.25 Å². The quantitative estimate of drug-likeness (QED) is 0.500. The van der Waals surface area contributed by atoms with Crippen LogP contribution in [0.15, 0.2) is 0 Å². The van der Waals surface area contributed by atoms with Gasteiger partial charge in [0, 0.05) is 5.25 Å². The van der Waals surface area contributed by atoms with Crippen molar-refractivity contribution >= 4 is 28.9 Å². The van der Waals surface area contributed by atoms with Gasteiger partial charge in [-0.1, -0.05) is 47.0 Å². The molecule has 2 atom stereocenters. The molecule has 98 valence electrons. The smallest absolute Gasteiger partial charge is 0.825 e. The fourth-order valence-electron chi connectivity index (χ4n) is 1.97. The van der Waals surface area contributed by atoms with Gasteiger partial charge in [0.05, 0.1) is 0 Å². The molecule has 0 aliphatic heterocycles. The first-order valence-corrected chi connectivity index (χ1v) is 10.1. The number of unbranched alkanes of at least 4 members (excludes halogenated alkanes) is 1. The second-order valence-corrected chi connectivity index (χ2v) is 10.4. The number of hydrogen-bond acceptors (Lipinski definition) is 4. The minimum atomic E-state index is -3.62. The van der Waals surface area contributed by atoms with Crippen molar-refractivity contribution in [1.29, 1.82) is 0 Å². The van der Waals surface area contributed by atoms with Gasteiger partial charge in [0.1, 0.15) is 0 Å². The fourth-order valence-corrected chi connectivity index (χ4v) is 6.05. The van der Waals surface area contributed by atoms with Gasteiger partial charge in [0.15, 0.2) is 0 Å². The normalized spacial score (nSPS) is 15.5. The summed E-state index contributed by atoms with van der Waals surface area (Å²) in [4.78, 5) is 22.5. The maximum absolute atomic E-state index is 11.2. The molecule has 0 heterocycles. The van der Waals surface area contributed by atoms with Crippen molar-refractivity contribution in [3.8, 4) is 0 Å². The zero-order valence-electron chi connectivity index (χ0n) is 11.3. The molecule has 0 amide bonds. The van der Waals surface area contributed by atoms with E-state index in [1.807, 2.05) is 0 Å². The minimum Gasteiger partial charge on any atom is -0.825 e. The number of hydrogen-bond donors (Lipinski definition) is 0. The van der Waals surface area contributed by atoms with E-state index in [1.165, 1.54) is 6.42 Å². The van der Waals surface area contributed by atoms with Gasteiger partial charge in [-0.05, 0) is 18.3 Å². The zero-order chi connectivity index (χ0) is 12.8. The first-order chi connectivity index (χ1) is 7.31. The summed E-state index contributed by atoms with van der Waals surface area (Å²) in [5.41, 5.74) is -3.62. The standard InChI is InChI=1S/C11H25O2PS2.Zn/c1-5-7-8-10(6-2)11(9(3)4)16-14(12,13)15;/h9-11H,5-8H2,1-4H3,(H2,12,13,15);/q;+2/p-2. The summed E-state index contributed by atoms with van der Waals surface area (Å²) in [5, 5.41) is 0.150. The number of rotatable bonds is 8. The Hall–Kier alpha value is 1.54. The molecule has 0 spiro atoms. The van der Waals surface area contributed by atoms with Crippen molar-refractivity contribution in [2.24, 2.45) is 11.8 Å². The first-order valence-electron chi connectivity index (χ1n) is 6.02. The Morgan fingerprint density at radius 3 is 2.06 bits per heavy atom. The van der Waals surface area contributed by atoms with Crippen LogP contribution in [0, 0.1) is 11.8 Å². The van der Waals surface area contributed by atoms with Gasteiger partial charge in [-0.3, -0.25) is 0 Å². The molecular formula is C11H23O2PS2Zn. The van der Waals surface area contributed by atoms with Crippen molar-refractivity contribution in [1.82, 2.24) is 0 Å². The Kier molecular flexibility index (Phi) is 12.7. The van der Waals surface area contributed by atoms with Crippen molar-refractivity contribution in [3.63, 3.8) is 0 Å². The monoisotopic (exact) mass is 346 g/mol. The molecule has 0 fully saturated rings. The third-order valence-corrected chi connectivity index (χ3v) is 6.54. The molecule has 0 saturated carbocycles. The van der Waals surface area contributed by atoms with Gasteiger partial charge >= 0.3 is 19.5 Å². The minimum absolute atomic E-state index is 0. The molecule has 0 bridgehead atoms. The second kappa shape index (κ2) is 10.3. The predicted octanol–water partition coefficient (Wildman–Crippen LogP) is 2.90. The maximum atomic E-state index is 11.2. The van der Waals surface area contributed by atoms with E-state index in [4.69, 9.17) is 0 Å². The summed E-state index contributed by atoms with van der Waals surface area (Å²) in [6, 6.07) is 0. The van der Waals surface area contributed by atoms with Crippen LogP contribution in [0.4, 0.5) is 0 Å². The Labute approximate surface area is 128 Å². The molecule has 0 aromatic rings. The molecule has 17 heavy (non-hydrogen) atoms. The van der Waals surface area contributed by atoms with Crippen LogP contribution in [0.2, 0.25) is 0 Å². The van der Waals surface area contributed by atoms with E-state index in [1.54, 1.807) is 0 Å². The summed E-state index contributed by atoms with van der Waals surface area (Å²) in [6.45, 7) is 8.46. The maximum Gasteiger partial charge on any atom is 2.00 e. The van der Waals surface area contributed by atoms with Gasteiger partial charge in [0.2, 0.25) is 0 Å². The third-order valence-electron chi connectivity index (χ3n) is 2.83. The molecular weight excluding hydrogens is 325 g/mol. The Morgan fingerprint density at radius 1 is 1.24 bits per heavy atom. The van der Waals surface area contributed by atoms with E-state index in [2.05, 4.69) is 39.5 Å². The molecule has 0 aliphatic carbocycles. The van der Waals surface area contributed by atoms with Crippen LogP contribution in [0.5, 0.6) is 0 Å². The van der Waals surface area contributed by atoms with Crippen molar-refractivity contribution < 1.29 is 29.3 Å². The summed E-state index contributed by atoms with van der Waals surface area (Å²) in [5.74, 6) is 0.826. The fraction of sp³-hybridized carbons (Fsp3) is 1.00. The topological polar surface area (TPSA) is 46.1 Å². The Morgan fingerprint density at radius 2 is 1.76 bits per heavy atom. The second-order valence-electron chi connectivity index (χ2n) is 4.57. The molecule has 0 aromatic carbocycles. The largest absolute Gasteiger partial charge is 2.00 e. The van der Waals surface area contributed by atoms with Crippen LogP contribution in [-0.2, 0) is 31.3 Å². The molecule has 2 unspecified atom stereocenters. The van der Waals surface area contributed by atoms with Crippen LogP contribution < -0.4 is 9.79 Å². The molecule has 0 rings (SSSR count). The van der Waals surface area contributed by atoms with Crippen molar-refractivity contribution in [2.75, 3.05) is 0 Å². The summed E-state index contributed by atoms with van der Waals surface area (Å²) in [6.07, 6.45) is 4.47. The Balaban J connectivity index is 0. The van der Waals surface area contributed by atoms with Gasteiger partial charge in [-0.15, -0.1) is 11.8 Å². The SMILES string of the molecule is CCCCC(CC)C(SP([O-])([O-])=S)C(C)C.[Zn+2]. The van der Waals surface area contributed by atoms with Crippen LogP contribution in [0.25, 0.3) is 0 Å². The zero-order valence-corrected chi connectivity index (χ0v) is 16.8. The van der Waals surface area contributed by atoms with Crippen LogP contribution in [0.3, 0.4) is 0 Å². The van der Waals surface area contributed by atoms with E-state index in [-0.39, 0.29) is 24.7 Å². The van der Waals surface area contributed by atoms with E-state index >= 15 is 0 Å².